The van der Waals surface area contributed by atoms with E-state index in [1.807, 2.05) is 31.1 Å². The number of piperidine rings is 1. The van der Waals surface area contributed by atoms with Crippen LogP contribution in [-0.4, -0.2) is 88.3 Å². The first-order valence-electron chi connectivity index (χ1n) is 10.3. The minimum atomic E-state index is 0.200. The van der Waals surface area contributed by atoms with E-state index in [-0.39, 0.29) is 5.91 Å². The number of carbonyl (C=O) groups is 1. The van der Waals surface area contributed by atoms with Gasteiger partial charge in [0.2, 0.25) is 5.91 Å². The molecule has 0 saturated carbocycles. The molecule has 1 aliphatic heterocycles. The average molecular weight is 392 g/mol. The summed E-state index contributed by atoms with van der Waals surface area (Å²) in [5.74, 6) is 1.66. The van der Waals surface area contributed by atoms with Crippen LogP contribution in [0.1, 0.15) is 24.8 Å². The highest BCUT2D eigenvalue weighted by Gasteiger charge is 2.24. The van der Waals surface area contributed by atoms with Crippen LogP contribution in [0.15, 0.2) is 24.3 Å². The van der Waals surface area contributed by atoms with Gasteiger partial charge in [-0.05, 0) is 45.5 Å². The second kappa shape index (κ2) is 12.0. The molecule has 158 valence electrons. The summed E-state index contributed by atoms with van der Waals surface area (Å²) >= 11 is 0. The molecule has 1 fully saturated rings. The fourth-order valence-electron chi connectivity index (χ4n) is 3.82. The van der Waals surface area contributed by atoms with E-state index < -0.39 is 0 Å². The number of nitrogens with zero attached hydrogens (tertiary/aromatic N) is 3. The van der Waals surface area contributed by atoms with Crippen LogP contribution in [0.3, 0.4) is 0 Å². The fraction of sp³-hybridized carbons (Fsp3) is 0.682. The van der Waals surface area contributed by atoms with Crippen molar-refractivity contribution in [3.8, 4) is 5.75 Å². The molecule has 0 spiro atoms. The highest BCUT2D eigenvalue weighted by atomic mass is 16.5. The molecular formula is C22H37N3O3. The molecule has 6 nitrogen and oxygen atoms in total. The molecule has 1 heterocycles. The second-order valence-corrected chi connectivity index (χ2v) is 7.94. The Morgan fingerprint density at radius 3 is 2.71 bits per heavy atom. The van der Waals surface area contributed by atoms with E-state index in [2.05, 4.69) is 21.9 Å². The maximum atomic E-state index is 12.6. The predicted molar refractivity (Wildman–Crippen MR) is 113 cm³/mol. The molecule has 0 bridgehead atoms. The van der Waals surface area contributed by atoms with Crippen LogP contribution in [0.2, 0.25) is 0 Å². The Kier molecular flexibility index (Phi) is 9.75. The van der Waals surface area contributed by atoms with Gasteiger partial charge in [0, 0.05) is 45.4 Å². The van der Waals surface area contributed by atoms with Crippen LogP contribution in [0.5, 0.6) is 5.75 Å². The third-order valence-electron chi connectivity index (χ3n) is 5.36. The van der Waals surface area contributed by atoms with Gasteiger partial charge in [0.1, 0.15) is 5.75 Å². The zero-order valence-corrected chi connectivity index (χ0v) is 18.0. The van der Waals surface area contributed by atoms with Gasteiger partial charge in [-0.1, -0.05) is 18.2 Å². The first-order chi connectivity index (χ1) is 13.5. The number of para-hydroxylation sites is 1. The lowest BCUT2D eigenvalue weighted by atomic mass is 9.96. The van der Waals surface area contributed by atoms with Crippen LogP contribution in [0.4, 0.5) is 0 Å². The van der Waals surface area contributed by atoms with Crippen LogP contribution < -0.4 is 4.74 Å². The summed E-state index contributed by atoms with van der Waals surface area (Å²) in [5.41, 5.74) is 1.23. The van der Waals surface area contributed by atoms with E-state index >= 15 is 0 Å². The molecule has 0 unspecified atom stereocenters. The molecular weight excluding hydrogens is 354 g/mol. The van der Waals surface area contributed by atoms with Gasteiger partial charge >= 0.3 is 0 Å². The quantitative estimate of drug-likeness (QED) is 0.579. The molecule has 0 radical (unpaired) electrons. The van der Waals surface area contributed by atoms with E-state index in [1.54, 1.807) is 14.2 Å². The molecule has 1 amide bonds. The lowest BCUT2D eigenvalue weighted by Crippen LogP contribution is -2.44. The molecule has 1 aromatic carbocycles. The van der Waals surface area contributed by atoms with Gasteiger partial charge in [0.15, 0.2) is 0 Å². The largest absolute Gasteiger partial charge is 0.496 e. The molecule has 0 aliphatic carbocycles. The Morgan fingerprint density at radius 2 is 2.00 bits per heavy atom. The average Bonchev–Trinajstić information content (AvgIpc) is 2.69. The van der Waals surface area contributed by atoms with E-state index in [0.717, 1.165) is 45.0 Å². The summed E-state index contributed by atoms with van der Waals surface area (Å²) in [6, 6.07) is 8.24. The lowest BCUT2D eigenvalue weighted by Gasteiger charge is -2.36. The fourth-order valence-corrected chi connectivity index (χ4v) is 3.82. The summed E-state index contributed by atoms with van der Waals surface area (Å²) in [6.07, 6.45) is 2.81. The highest BCUT2D eigenvalue weighted by molar-refractivity contribution is 5.76. The van der Waals surface area contributed by atoms with Crippen molar-refractivity contribution in [1.82, 2.24) is 14.7 Å². The first-order valence-corrected chi connectivity index (χ1v) is 10.3. The summed E-state index contributed by atoms with van der Waals surface area (Å²) < 4.78 is 10.6. The van der Waals surface area contributed by atoms with Gasteiger partial charge in [0.25, 0.3) is 0 Å². The molecule has 0 N–H and O–H groups in total. The molecule has 1 aliphatic rings. The third-order valence-corrected chi connectivity index (χ3v) is 5.36. The Bertz CT molecular complexity index is 594. The van der Waals surface area contributed by atoms with Gasteiger partial charge in [0.05, 0.1) is 20.1 Å². The van der Waals surface area contributed by atoms with E-state index in [1.165, 1.54) is 18.4 Å². The number of hydrogen-bond donors (Lipinski definition) is 0. The summed E-state index contributed by atoms with van der Waals surface area (Å²) in [4.78, 5) is 19.3. The maximum absolute atomic E-state index is 12.6. The molecule has 6 heteroatoms. The van der Waals surface area contributed by atoms with E-state index in [4.69, 9.17) is 9.47 Å². The SMILES string of the molecule is COCCC(=O)N(CCN(C)C)C[C@H]1CCCN(Cc2ccccc2OC)C1. The number of carbonyl (C=O) groups excluding carboxylic acids is 1. The number of likely N-dealkylation sites (N-methyl/N-ethyl adjacent to an activating group) is 1. The monoisotopic (exact) mass is 391 g/mol. The highest BCUT2D eigenvalue weighted by Crippen LogP contribution is 2.24. The predicted octanol–water partition coefficient (Wildman–Crippen LogP) is 2.33. The molecule has 2 rings (SSSR count). The summed E-state index contributed by atoms with van der Waals surface area (Å²) in [5, 5.41) is 0. The first kappa shape index (κ1) is 22.7. The van der Waals surface area contributed by atoms with Gasteiger partial charge in [-0.3, -0.25) is 9.69 Å². The van der Waals surface area contributed by atoms with Gasteiger partial charge in [-0.15, -0.1) is 0 Å². The third kappa shape index (κ3) is 7.41. The van der Waals surface area contributed by atoms with Crippen LogP contribution >= 0.6 is 0 Å². The molecule has 1 saturated heterocycles. The summed E-state index contributed by atoms with van der Waals surface area (Å²) in [7, 11) is 7.47. The van der Waals surface area contributed by atoms with Crippen molar-refractivity contribution in [2.24, 2.45) is 5.92 Å². The Hall–Kier alpha value is -1.63. The molecule has 1 atom stereocenters. The van der Waals surface area contributed by atoms with Gasteiger partial charge < -0.3 is 19.3 Å². The number of likely N-dealkylation sites (tertiary alicyclic amines) is 1. The molecule has 1 aromatic rings. The van der Waals surface area contributed by atoms with Crippen molar-refractivity contribution < 1.29 is 14.3 Å². The van der Waals surface area contributed by atoms with E-state index in [9.17, 15) is 4.79 Å². The van der Waals surface area contributed by atoms with Crippen LogP contribution in [0, 0.1) is 5.92 Å². The van der Waals surface area contributed by atoms with Gasteiger partial charge in [-0.2, -0.15) is 0 Å². The smallest absolute Gasteiger partial charge is 0.224 e. The number of benzene rings is 1. The number of methoxy groups -OCH3 is 2. The topological polar surface area (TPSA) is 45.2 Å². The molecule has 0 aromatic heterocycles. The van der Waals surface area contributed by atoms with Crippen molar-refractivity contribution in [3.05, 3.63) is 29.8 Å². The zero-order chi connectivity index (χ0) is 20.4. The summed E-state index contributed by atoms with van der Waals surface area (Å²) in [6.45, 7) is 6.00. The van der Waals surface area contributed by atoms with Crippen LogP contribution in [-0.2, 0) is 16.1 Å². The minimum absolute atomic E-state index is 0.200. The zero-order valence-electron chi connectivity index (χ0n) is 18.0. The Labute approximate surface area is 170 Å². The number of ether oxygens (including phenoxy) is 2. The maximum Gasteiger partial charge on any atom is 0.224 e. The molecule has 28 heavy (non-hydrogen) atoms. The minimum Gasteiger partial charge on any atom is -0.496 e. The van der Waals surface area contributed by atoms with Crippen LogP contribution in [0.25, 0.3) is 0 Å². The normalized spacial score (nSPS) is 17.7. The van der Waals surface area contributed by atoms with Crippen molar-refractivity contribution in [2.75, 3.05) is 67.6 Å². The van der Waals surface area contributed by atoms with Crippen molar-refractivity contribution in [2.45, 2.75) is 25.8 Å². The standard InChI is InChI=1S/C22H37N3O3/c1-23(2)13-14-25(22(26)11-15-27-3)17-19-8-7-12-24(16-19)18-20-9-5-6-10-21(20)28-4/h5-6,9-10,19H,7-8,11-18H2,1-4H3/t19-/m0/s1. The van der Waals surface area contributed by atoms with Crippen molar-refractivity contribution >= 4 is 5.91 Å². The second-order valence-electron chi connectivity index (χ2n) is 7.94. The number of rotatable bonds is 11. The number of hydrogen-bond acceptors (Lipinski definition) is 5. The Balaban J connectivity index is 1.95. The number of amides is 1. The van der Waals surface area contributed by atoms with Gasteiger partial charge in [-0.25, -0.2) is 0 Å². The van der Waals surface area contributed by atoms with Crippen molar-refractivity contribution in [1.29, 1.82) is 0 Å². The lowest BCUT2D eigenvalue weighted by molar-refractivity contribution is -0.133. The Morgan fingerprint density at radius 1 is 1.21 bits per heavy atom. The van der Waals surface area contributed by atoms with Crippen molar-refractivity contribution in [3.63, 3.8) is 0 Å². The van der Waals surface area contributed by atoms with E-state index in [0.29, 0.717) is 18.9 Å².